The third-order valence-corrected chi connectivity index (χ3v) is 7.90. The van der Waals surface area contributed by atoms with E-state index in [-0.39, 0.29) is 23.1 Å². The van der Waals surface area contributed by atoms with Crippen molar-refractivity contribution in [2.75, 3.05) is 11.9 Å². The minimum absolute atomic E-state index is 0.000416. The molecule has 0 bridgehead atoms. The monoisotopic (exact) mass is 413 g/mol. The van der Waals surface area contributed by atoms with E-state index in [0.29, 0.717) is 17.9 Å². The molecule has 4 heterocycles. The van der Waals surface area contributed by atoms with Crippen LogP contribution in [0, 0.1) is 6.92 Å². The van der Waals surface area contributed by atoms with Gasteiger partial charge in [-0.1, -0.05) is 23.4 Å². The van der Waals surface area contributed by atoms with Crippen LogP contribution in [-0.2, 0) is 27.3 Å². The SMILES string of the molecule is Cc1oncc1S(=O)(=O)N1CC[C@]2(C(=O)Nc3ccccc32)[C@@H]1c1nccn1C. The van der Waals surface area contributed by atoms with Crippen molar-refractivity contribution >= 4 is 21.6 Å². The summed E-state index contributed by atoms with van der Waals surface area (Å²) in [6.45, 7) is 1.73. The summed E-state index contributed by atoms with van der Waals surface area (Å²) in [6.07, 6.45) is 4.90. The minimum atomic E-state index is -3.96. The van der Waals surface area contributed by atoms with Crippen LogP contribution in [-0.4, -0.2) is 39.9 Å². The first-order valence-electron chi connectivity index (χ1n) is 9.18. The van der Waals surface area contributed by atoms with Gasteiger partial charge >= 0.3 is 0 Å². The van der Waals surface area contributed by atoms with Gasteiger partial charge in [-0.3, -0.25) is 4.79 Å². The summed E-state index contributed by atoms with van der Waals surface area (Å²) in [7, 11) is -2.17. The maximum absolute atomic E-state index is 13.5. The van der Waals surface area contributed by atoms with Crippen LogP contribution in [0.5, 0.6) is 0 Å². The molecule has 150 valence electrons. The first kappa shape index (κ1) is 18.1. The van der Waals surface area contributed by atoms with E-state index < -0.39 is 21.5 Å². The van der Waals surface area contributed by atoms with Crippen LogP contribution >= 0.6 is 0 Å². The summed E-state index contributed by atoms with van der Waals surface area (Å²) in [4.78, 5) is 17.7. The number of para-hydroxylation sites is 1. The lowest BCUT2D eigenvalue weighted by molar-refractivity contribution is -0.121. The maximum atomic E-state index is 13.5. The van der Waals surface area contributed by atoms with Gasteiger partial charge in [-0.05, 0) is 25.0 Å². The van der Waals surface area contributed by atoms with E-state index in [1.165, 1.54) is 10.5 Å². The molecule has 2 atom stereocenters. The zero-order valence-corrected chi connectivity index (χ0v) is 16.7. The molecule has 2 aliphatic heterocycles. The molecule has 0 aliphatic carbocycles. The Morgan fingerprint density at radius 1 is 1.31 bits per heavy atom. The Hall–Kier alpha value is -2.98. The Morgan fingerprint density at radius 2 is 2.10 bits per heavy atom. The van der Waals surface area contributed by atoms with E-state index in [9.17, 15) is 13.2 Å². The van der Waals surface area contributed by atoms with E-state index in [4.69, 9.17) is 4.52 Å². The van der Waals surface area contributed by atoms with Gasteiger partial charge in [0.2, 0.25) is 15.9 Å². The topological polar surface area (TPSA) is 110 Å². The summed E-state index contributed by atoms with van der Waals surface area (Å²) < 4.78 is 35.2. The smallest absolute Gasteiger partial charge is 0.248 e. The zero-order valence-electron chi connectivity index (χ0n) is 15.9. The standard InChI is InChI=1S/C19H19N5O4S/c1-12-15(11-21-28-12)29(26,27)24-9-7-19(16(24)17-20-8-10-23(17)2)13-5-3-4-6-14(13)22-18(19)25/h3-6,8,10-11,16H,7,9H2,1-2H3,(H,22,25)/t16-,19+/m0/s1. The Morgan fingerprint density at radius 3 is 2.79 bits per heavy atom. The largest absolute Gasteiger partial charge is 0.360 e. The van der Waals surface area contributed by atoms with Crippen LogP contribution in [0.25, 0.3) is 0 Å². The Labute approximate surface area is 167 Å². The predicted octanol–water partition coefficient (Wildman–Crippen LogP) is 1.74. The third-order valence-electron chi connectivity index (χ3n) is 5.94. The maximum Gasteiger partial charge on any atom is 0.248 e. The van der Waals surface area contributed by atoms with Gasteiger partial charge in [-0.25, -0.2) is 13.4 Å². The van der Waals surface area contributed by atoms with E-state index >= 15 is 0 Å². The lowest BCUT2D eigenvalue weighted by Crippen LogP contribution is -2.43. The molecule has 1 spiro atoms. The lowest BCUT2D eigenvalue weighted by atomic mass is 9.75. The molecular weight excluding hydrogens is 394 g/mol. The number of rotatable bonds is 3. The summed E-state index contributed by atoms with van der Waals surface area (Å²) in [5.74, 6) is 0.499. The number of nitrogens with zero attached hydrogens (tertiary/aromatic N) is 4. The number of aryl methyl sites for hydroxylation is 2. The first-order valence-corrected chi connectivity index (χ1v) is 10.6. The molecule has 2 aromatic heterocycles. The van der Waals surface area contributed by atoms with Gasteiger partial charge < -0.3 is 14.4 Å². The van der Waals surface area contributed by atoms with E-state index in [0.717, 1.165) is 5.56 Å². The number of hydrogen-bond donors (Lipinski definition) is 1. The summed E-state index contributed by atoms with van der Waals surface area (Å²) >= 11 is 0. The molecule has 1 fully saturated rings. The van der Waals surface area contributed by atoms with Gasteiger partial charge in [0.1, 0.15) is 22.2 Å². The van der Waals surface area contributed by atoms with Crippen LogP contribution in [0.3, 0.4) is 0 Å². The molecule has 1 amide bonds. The number of aromatic nitrogens is 3. The van der Waals surface area contributed by atoms with Crippen LogP contribution in [0.15, 0.2) is 52.3 Å². The fraction of sp³-hybridized carbons (Fsp3) is 0.316. The van der Waals surface area contributed by atoms with Crippen molar-refractivity contribution in [2.24, 2.45) is 7.05 Å². The van der Waals surface area contributed by atoms with Crippen molar-refractivity contribution < 1.29 is 17.7 Å². The molecule has 9 nitrogen and oxygen atoms in total. The number of carbonyl (C=O) groups excluding carboxylic acids is 1. The molecule has 0 saturated carbocycles. The normalized spacial score (nSPS) is 24.2. The fourth-order valence-corrected chi connectivity index (χ4v) is 6.28. The van der Waals surface area contributed by atoms with E-state index in [2.05, 4.69) is 15.5 Å². The molecule has 0 unspecified atom stereocenters. The molecular formula is C19H19N5O4S. The molecule has 1 aromatic carbocycles. The summed E-state index contributed by atoms with van der Waals surface area (Å²) in [5, 5.41) is 6.56. The number of fused-ring (bicyclic) bond motifs is 2. The Kier molecular flexibility index (Phi) is 3.74. The van der Waals surface area contributed by atoms with Crippen LogP contribution in [0.1, 0.15) is 29.6 Å². The number of anilines is 1. The van der Waals surface area contributed by atoms with Crippen LogP contribution in [0.2, 0.25) is 0 Å². The highest BCUT2D eigenvalue weighted by molar-refractivity contribution is 7.89. The first-order chi connectivity index (χ1) is 13.9. The lowest BCUT2D eigenvalue weighted by Gasteiger charge is -2.32. The third kappa shape index (κ3) is 2.29. The fourth-order valence-electron chi connectivity index (χ4n) is 4.57. The predicted molar refractivity (Wildman–Crippen MR) is 102 cm³/mol. The molecule has 10 heteroatoms. The van der Waals surface area contributed by atoms with Gasteiger partial charge in [-0.2, -0.15) is 4.31 Å². The second-order valence-electron chi connectivity index (χ2n) is 7.38. The second-order valence-corrected chi connectivity index (χ2v) is 9.24. The molecule has 1 N–H and O–H groups in total. The number of carbonyl (C=O) groups is 1. The number of amides is 1. The number of nitrogens with one attached hydrogen (secondary N) is 1. The second kappa shape index (κ2) is 6.01. The number of sulfonamides is 1. The zero-order chi connectivity index (χ0) is 20.4. The van der Waals surface area contributed by atoms with Crippen molar-refractivity contribution in [2.45, 2.75) is 29.7 Å². The molecule has 3 aromatic rings. The van der Waals surface area contributed by atoms with E-state index in [1.807, 2.05) is 24.3 Å². The van der Waals surface area contributed by atoms with Gasteiger partial charge in [0.25, 0.3) is 0 Å². The van der Waals surface area contributed by atoms with Crippen LogP contribution in [0.4, 0.5) is 5.69 Å². The highest BCUT2D eigenvalue weighted by Gasteiger charge is 2.62. The molecule has 0 radical (unpaired) electrons. The average molecular weight is 413 g/mol. The number of imidazole rings is 1. The van der Waals surface area contributed by atoms with Gasteiger partial charge in [0, 0.05) is 31.7 Å². The Balaban J connectivity index is 1.75. The quantitative estimate of drug-likeness (QED) is 0.700. The minimum Gasteiger partial charge on any atom is -0.360 e. The van der Waals surface area contributed by atoms with Crippen molar-refractivity contribution in [1.29, 1.82) is 0 Å². The highest BCUT2D eigenvalue weighted by atomic mass is 32.2. The van der Waals surface area contributed by atoms with Gasteiger partial charge in [0.15, 0.2) is 5.76 Å². The molecule has 1 saturated heterocycles. The molecule has 29 heavy (non-hydrogen) atoms. The van der Waals surface area contributed by atoms with Crippen molar-refractivity contribution in [1.82, 2.24) is 19.0 Å². The Bertz CT molecular complexity index is 1230. The van der Waals surface area contributed by atoms with Crippen molar-refractivity contribution in [3.05, 3.63) is 60.0 Å². The highest BCUT2D eigenvalue weighted by Crippen LogP contribution is 2.55. The molecule has 2 aliphatic rings. The number of benzene rings is 1. The number of hydrogen-bond acceptors (Lipinski definition) is 6. The van der Waals surface area contributed by atoms with Gasteiger partial charge in [0.05, 0.1) is 6.20 Å². The molecule has 5 rings (SSSR count). The van der Waals surface area contributed by atoms with Crippen molar-refractivity contribution in [3.63, 3.8) is 0 Å². The summed E-state index contributed by atoms with van der Waals surface area (Å²) in [6, 6.07) is 6.61. The van der Waals surface area contributed by atoms with Gasteiger partial charge in [-0.15, -0.1) is 0 Å². The average Bonchev–Trinajstić information content (AvgIpc) is 3.44. The van der Waals surface area contributed by atoms with Crippen molar-refractivity contribution in [3.8, 4) is 0 Å². The van der Waals surface area contributed by atoms with E-state index in [1.54, 1.807) is 30.9 Å². The summed E-state index contributed by atoms with van der Waals surface area (Å²) in [5.41, 5.74) is 0.434. The van der Waals surface area contributed by atoms with Crippen LogP contribution < -0.4 is 5.32 Å².